The van der Waals surface area contributed by atoms with Crippen molar-refractivity contribution < 1.29 is 9.21 Å². The lowest BCUT2D eigenvalue weighted by molar-refractivity contribution is 0.100. The van der Waals surface area contributed by atoms with Gasteiger partial charge in [0.25, 0.3) is 5.91 Å². The predicted octanol–water partition coefficient (Wildman–Crippen LogP) is 3.67. The second-order valence-electron chi connectivity index (χ2n) is 6.19. The summed E-state index contributed by atoms with van der Waals surface area (Å²) < 4.78 is 5.94. The molecule has 0 bridgehead atoms. The van der Waals surface area contributed by atoms with Gasteiger partial charge in [0.05, 0.1) is 5.69 Å². The number of hydrogen-bond acceptors (Lipinski definition) is 7. The zero-order valence-corrected chi connectivity index (χ0v) is 15.6. The summed E-state index contributed by atoms with van der Waals surface area (Å²) in [7, 11) is 0. The number of fused-ring (bicyclic) bond motifs is 1. The summed E-state index contributed by atoms with van der Waals surface area (Å²) in [4.78, 5) is 16.6. The number of hydrogen-bond donors (Lipinski definition) is 3. The summed E-state index contributed by atoms with van der Waals surface area (Å²) >= 11 is 1.05. The average molecular weight is 389 g/mol. The molecule has 0 atom stereocenters. The molecule has 0 aliphatic carbocycles. The summed E-state index contributed by atoms with van der Waals surface area (Å²) in [6.45, 7) is 1.79. The van der Waals surface area contributed by atoms with Crippen LogP contribution in [0.15, 0.2) is 40.8 Å². The Kier molecular flexibility index (Phi) is 4.02. The number of furan rings is 1. The molecule has 28 heavy (non-hydrogen) atoms. The summed E-state index contributed by atoms with van der Waals surface area (Å²) in [6.07, 6.45) is 0. The van der Waals surface area contributed by atoms with Crippen molar-refractivity contribution in [1.29, 1.82) is 5.26 Å². The normalized spacial score (nSPS) is 10.9. The van der Waals surface area contributed by atoms with Gasteiger partial charge < -0.3 is 21.6 Å². The Morgan fingerprint density at radius 3 is 2.61 bits per heavy atom. The molecular weight excluding hydrogens is 374 g/mol. The van der Waals surface area contributed by atoms with Gasteiger partial charge in [-0.3, -0.25) is 4.79 Å². The van der Waals surface area contributed by atoms with Gasteiger partial charge >= 0.3 is 0 Å². The Balaban J connectivity index is 2.08. The maximum atomic E-state index is 11.7. The van der Waals surface area contributed by atoms with E-state index in [-0.39, 0.29) is 21.9 Å². The number of carbonyl (C=O) groups is 1. The monoisotopic (exact) mass is 389 g/mol. The number of pyridine rings is 1. The minimum Gasteiger partial charge on any atom is -0.461 e. The van der Waals surface area contributed by atoms with Crippen molar-refractivity contribution in [3.63, 3.8) is 0 Å². The van der Waals surface area contributed by atoms with Crippen LogP contribution in [-0.4, -0.2) is 10.9 Å². The van der Waals surface area contributed by atoms with Crippen LogP contribution < -0.4 is 17.2 Å². The number of nitrogens with zero attached hydrogens (tertiary/aromatic N) is 2. The highest BCUT2D eigenvalue weighted by atomic mass is 32.1. The summed E-state index contributed by atoms with van der Waals surface area (Å²) in [5.74, 6) is 0.638. The molecule has 0 unspecified atom stereocenters. The SMILES string of the molecule is Cc1oc(-c2ccccc2)cc1-c1c(C#N)c(N)nc2sc(C(N)=O)c(N)c12. The molecule has 0 radical (unpaired) electrons. The lowest BCUT2D eigenvalue weighted by Crippen LogP contribution is -2.10. The first kappa shape index (κ1) is 17.6. The number of primary amides is 1. The van der Waals surface area contributed by atoms with Crippen LogP contribution in [0.2, 0.25) is 0 Å². The Morgan fingerprint density at radius 1 is 1.25 bits per heavy atom. The number of anilines is 2. The first-order valence-electron chi connectivity index (χ1n) is 8.30. The van der Waals surface area contributed by atoms with Gasteiger partial charge in [-0.15, -0.1) is 11.3 Å². The second-order valence-corrected chi connectivity index (χ2v) is 7.19. The first-order chi connectivity index (χ1) is 13.4. The van der Waals surface area contributed by atoms with E-state index in [0.717, 1.165) is 16.9 Å². The smallest absolute Gasteiger partial charge is 0.260 e. The predicted molar refractivity (Wildman–Crippen MR) is 110 cm³/mol. The molecule has 0 saturated carbocycles. The molecule has 4 aromatic rings. The zero-order chi connectivity index (χ0) is 20.0. The molecule has 4 rings (SSSR count). The summed E-state index contributed by atoms with van der Waals surface area (Å²) in [6, 6.07) is 13.5. The van der Waals surface area contributed by atoms with Crippen LogP contribution in [0.25, 0.3) is 32.7 Å². The highest BCUT2D eigenvalue weighted by Crippen LogP contribution is 2.44. The number of nitriles is 1. The second kappa shape index (κ2) is 6.40. The van der Waals surface area contributed by atoms with Crippen LogP contribution in [0.4, 0.5) is 11.5 Å². The van der Waals surface area contributed by atoms with Gasteiger partial charge in [0, 0.05) is 22.1 Å². The number of benzene rings is 1. The molecule has 0 aliphatic heterocycles. The summed E-state index contributed by atoms with van der Waals surface area (Å²) in [5, 5.41) is 10.2. The van der Waals surface area contributed by atoms with Crippen molar-refractivity contribution in [2.24, 2.45) is 5.73 Å². The molecule has 8 heteroatoms. The largest absolute Gasteiger partial charge is 0.461 e. The van der Waals surface area contributed by atoms with Crippen LogP contribution >= 0.6 is 11.3 Å². The number of thiophene rings is 1. The first-order valence-corrected chi connectivity index (χ1v) is 9.11. The van der Waals surface area contributed by atoms with Crippen molar-refractivity contribution in [2.45, 2.75) is 6.92 Å². The third kappa shape index (κ3) is 2.57. The number of amides is 1. The number of nitrogens with two attached hydrogens (primary N) is 3. The average Bonchev–Trinajstić information content (AvgIpc) is 3.22. The minimum absolute atomic E-state index is 0.0594. The van der Waals surface area contributed by atoms with Crippen LogP contribution in [0.3, 0.4) is 0 Å². The maximum Gasteiger partial charge on any atom is 0.260 e. The van der Waals surface area contributed by atoms with E-state index < -0.39 is 5.91 Å². The number of nitrogen functional groups attached to an aromatic ring is 2. The molecule has 1 amide bonds. The maximum absolute atomic E-state index is 11.7. The van der Waals surface area contributed by atoms with Gasteiger partial charge in [0.1, 0.15) is 38.7 Å². The summed E-state index contributed by atoms with van der Waals surface area (Å²) in [5.41, 5.74) is 20.1. The van der Waals surface area contributed by atoms with Crippen LogP contribution in [0, 0.1) is 18.3 Å². The van der Waals surface area contributed by atoms with Gasteiger partial charge in [-0.2, -0.15) is 5.26 Å². The molecule has 138 valence electrons. The lowest BCUT2D eigenvalue weighted by atomic mass is 9.97. The number of rotatable bonds is 3. The van der Waals surface area contributed by atoms with Crippen molar-refractivity contribution in [1.82, 2.24) is 4.98 Å². The van der Waals surface area contributed by atoms with E-state index in [1.807, 2.05) is 36.4 Å². The van der Waals surface area contributed by atoms with E-state index in [1.54, 1.807) is 6.92 Å². The Labute approximate surface area is 164 Å². The van der Waals surface area contributed by atoms with Gasteiger partial charge in [-0.1, -0.05) is 30.3 Å². The van der Waals surface area contributed by atoms with Crippen LogP contribution in [-0.2, 0) is 0 Å². The zero-order valence-electron chi connectivity index (χ0n) is 14.8. The van der Waals surface area contributed by atoms with Crippen molar-refractivity contribution in [3.8, 4) is 28.5 Å². The van der Waals surface area contributed by atoms with Gasteiger partial charge in [-0.25, -0.2) is 4.98 Å². The van der Waals surface area contributed by atoms with Crippen molar-refractivity contribution >= 4 is 39.0 Å². The number of carbonyl (C=O) groups excluding carboxylic acids is 1. The third-order valence-corrected chi connectivity index (χ3v) is 5.60. The van der Waals surface area contributed by atoms with E-state index in [1.165, 1.54) is 0 Å². The Hall–Kier alpha value is -3.83. The molecule has 6 N–H and O–H groups in total. The quantitative estimate of drug-likeness (QED) is 0.487. The lowest BCUT2D eigenvalue weighted by Gasteiger charge is -2.08. The molecule has 1 aromatic carbocycles. The van der Waals surface area contributed by atoms with E-state index in [0.29, 0.717) is 32.9 Å². The van der Waals surface area contributed by atoms with Crippen molar-refractivity contribution in [2.75, 3.05) is 11.5 Å². The third-order valence-electron chi connectivity index (χ3n) is 4.49. The van der Waals surface area contributed by atoms with E-state index in [2.05, 4.69) is 11.1 Å². The highest BCUT2D eigenvalue weighted by Gasteiger charge is 2.25. The molecule has 0 spiro atoms. The standard InChI is InChI=1S/C20H15N5O2S/c1-9-11(7-13(27-9)10-5-3-2-4-6-10)14-12(8-21)18(23)25-20-15(14)16(22)17(28-20)19(24)26/h2-7H,22H2,1H3,(H2,23,25)(H2,24,26). The molecule has 3 aromatic heterocycles. The van der Waals surface area contributed by atoms with E-state index >= 15 is 0 Å². The van der Waals surface area contributed by atoms with Crippen LogP contribution in [0.1, 0.15) is 21.0 Å². The van der Waals surface area contributed by atoms with E-state index in [9.17, 15) is 10.1 Å². The molecule has 0 saturated heterocycles. The molecular formula is C20H15N5O2S. The van der Waals surface area contributed by atoms with Gasteiger partial charge in [0.15, 0.2) is 0 Å². The van der Waals surface area contributed by atoms with Gasteiger partial charge in [-0.05, 0) is 13.0 Å². The molecule has 0 aliphatic rings. The fraction of sp³-hybridized carbons (Fsp3) is 0.0500. The molecule has 0 fully saturated rings. The molecule has 7 nitrogen and oxygen atoms in total. The topological polar surface area (TPSA) is 145 Å². The molecule has 3 heterocycles. The van der Waals surface area contributed by atoms with Gasteiger partial charge in [0.2, 0.25) is 0 Å². The fourth-order valence-corrected chi connectivity index (χ4v) is 4.17. The minimum atomic E-state index is -0.655. The number of aromatic nitrogens is 1. The Morgan fingerprint density at radius 2 is 1.96 bits per heavy atom. The van der Waals surface area contributed by atoms with Crippen molar-refractivity contribution in [3.05, 3.63) is 52.6 Å². The Bertz CT molecular complexity index is 1280. The van der Waals surface area contributed by atoms with Crippen LogP contribution in [0.5, 0.6) is 0 Å². The number of aryl methyl sites for hydroxylation is 1. The fourth-order valence-electron chi connectivity index (χ4n) is 3.21. The highest BCUT2D eigenvalue weighted by molar-refractivity contribution is 7.21. The van der Waals surface area contributed by atoms with E-state index in [4.69, 9.17) is 21.6 Å².